The Bertz CT molecular complexity index is 1540. The van der Waals surface area contributed by atoms with Gasteiger partial charge < -0.3 is 19.1 Å². The first-order valence-corrected chi connectivity index (χ1v) is 14.3. The van der Waals surface area contributed by atoms with Gasteiger partial charge in [-0.15, -0.1) is 0 Å². The van der Waals surface area contributed by atoms with E-state index in [-0.39, 0.29) is 36.0 Å². The molecular weight excluding hydrogens is 523 g/mol. The number of piperidine rings is 1. The molecule has 1 saturated heterocycles. The Kier molecular flexibility index (Phi) is 8.66. The van der Waals surface area contributed by atoms with E-state index in [1.807, 2.05) is 56.1 Å². The minimum Gasteiger partial charge on any atom is -0.443 e. The molecule has 2 aromatic heterocycles. The quantitative estimate of drug-likeness (QED) is 0.257. The number of rotatable bonds is 10. The fourth-order valence-electron chi connectivity index (χ4n) is 5.50. The minimum atomic E-state index is -0.312. The van der Waals surface area contributed by atoms with Gasteiger partial charge in [0.1, 0.15) is 5.82 Å². The molecule has 0 bridgehead atoms. The van der Waals surface area contributed by atoms with Crippen molar-refractivity contribution in [2.24, 2.45) is 5.92 Å². The van der Waals surface area contributed by atoms with Crippen molar-refractivity contribution in [1.29, 1.82) is 0 Å². The highest BCUT2D eigenvalue weighted by Gasteiger charge is 2.28. The van der Waals surface area contributed by atoms with E-state index in [0.29, 0.717) is 12.5 Å². The molecule has 0 amide bonds. The predicted octanol–water partition coefficient (Wildman–Crippen LogP) is 4.82. The number of imidazole rings is 1. The van der Waals surface area contributed by atoms with Gasteiger partial charge in [0, 0.05) is 38.4 Å². The Morgan fingerprint density at radius 3 is 2.56 bits per heavy atom. The zero-order chi connectivity index (χ0) is 28.9. The number of hydrogen-bond acceptors (Lipinski definition) is 7. The van der Waals surface area contributed by atoms with Crippen LogP contribution in [-0.4, -0.2) is 51.3 Å². The van der Waals surface area contributed by atoms with Gasteiger partial charge in [-0.05, 0) is 49.1 Å². The molecule has 0 aliphatic carbocycles. The van der Waals surface area contributed by atoms with Crippen LogP contribution in [0, 0.1) is 11.7 Å². The number of benzene rings is 2. The normalized spacial score (nSPS) is 14.8. The number of ether oxygens (including phenoxy) is 1. The standard InChI is InChI=1S/C31H37FN6O3/c1-4-7-22(2)29(40)41-21-38-28(39)14-17-33-30(38)35(3)25-15-18-36(19-16-25)31-34-26-8-5-6-9-27(26)37(31)20-23-10-12-24(32)13-11-23/h5-6,8-14,17,22,25H,4,7,15-16,18-21H2,1-3H3. The molecule has 216 valence electrons. The van der Waals surface area contributed by atoms with Crippen molar-refractivity contribution in [2.75, 3.05) is 29.9 Å². The molecule has 9 nitrogen and oxygen atoms in total. The molecule has 4 aromatic rings. The largest absolute Gasteiger partial charge is 0.443 e. The first-order valence-electron chi connectivity index (χ1n) is 14.3. The van der Waals surface area contributed by atoms with Crippen LogP contribution in [0.2, 0.25) is 0 Å². The molecule has 10 heteroatoms. The van der Waals surface area contributed by atoms with Crippen LogP contribution in [0.4, 0.5) is 16.3 Å². The van der Waals surface area contributed by atoms with E-state index in [1.165, 1.54) is 29.0 Å². The maximum Gasteiger partial charge on any atom is 0.310 e. The van der Waals surface area contributed by atoms with E-state index in [1.54, 1.807) is 0 Å². The molecule has 1 aliphatic rings. The topological polar surface area (TPSA) is 85.5 Å². The number of carbonyl (C=O) groups is 1. The fourth-order valence-corrected chi connectivity index (χ4v) is 5.50. The summed E-state index contributed by atoms with van der Waals surface area (Å²) in [6.45, 7) is 5.82. The number of hydrogen-bond donors (Lipinski definition) is 0. The van der Waals surface area contributed by atoms with Crippen molar-refractivity contribution in [1.82, 2.24) is 19.1 Å². The molecule has 3 heterocycles. The maximum absolute atomic E-state index is 13.5. The SMILES string of the molecule is CCCC(C)C(=O)OCn1c(N(C)C2CCN(c3nc4ccccc4n3Cc3ccc(F)cc3)CC2)nccc1=O. The summed E-state index contributed by atoms with van der Waals surface area (Å²) in [4.78, 5) is 38.9. The van der Waals surface area contributed by atoms with Gasteiger partial charge >= 0.3 is 5.97 Å². The number of carbonyl (C=O) groups excluding carboxylic acids is 1. The zero-order valence-electron chi connectivity index (χ0n) is 23.9. The smallest absolute Gasteiger partial charge is 0.310 e. The summed E-state index contributed by atoms with van der Waals surface area (Å²) < 4.78 is 22.6. The average molecular weight is 561 g/mol. The second kappa shape index (κ2) is 12.5. The van der Waals surface area contributed by atoms with Crippen molar-refractivity contribution >= 4 is 28.9 Å². The number of fused-ring (bicyclic) bond motifs is 1. The van der Waals surface area contributed by atoms with Crippen LogP contribution >= 0.6 is 0 Å². The predicted molar refractivity (Wildman–Crippen MR) is 158 cm³/mol. The molecule has 0 radical (unpaired) electrons. The Labute approximate surface area is 239 Å². The van der Waals surface area contributed by atoms with Gasteiger partial charge in [0.2, 0.25) is 11.9 Å². The Hall–Kier alpha value is -4.21. The lowest BCUT2D eigenvalue weighted by molar-refractivity contribution is -0.152. The fraction of sp³-hybridized carbons (Fsp3) is 0.419. The number of esters is 1. The van der Waals surface area contributed by atoms with E-state index < -0.39 is 0 Å². The molecule has 5 rings (SSSR count). The van der Waals surface area contributed by atoms with E-state index in [9.17, 15) is 14.0 Å². The number of aromatic nitrogens is 4. The van der Waals surface area contributed by atoms with Gasteiger partial charge in [0.05, 0.1) is 23.5 Å². The van der Waals surface area contributed by atoms with Crippen molar-refractivity contribution in [2.45, 2.75) is 58.8 Å². The monoisotopic (exact) mass is 560 g/mol. The summed E-state index contributed by atoms with van der Waals surface area (Å²) in [6, 6.07) is 16.2. The third-order valence-corrected chi connectivity index (χ3v) is 7.87. The Morgan fingerprint density at radius 2 is 1.83 bits per heavy atom. The van der Waals surface area contributed by atoms with E-state index in [2.05, 4.69) is 20.5 Å². The lowest BCUT2D eigenvalue weighted by Crippen LogP contribution is -2.46. The van der Waals surface area contributed by atoms with Gasteiger partial charge in [-0.1, -0.05) is 44.5 Å². The third-order valence-electron chi connectivity index (χ3n) is 7.87. The second-order valence-corrected chi connectivity index (χ2v) is 10.7. The van der Waals surface area contributed by atoms with Crippen LogP contribution in [0.5, 0.6) is 0 Å². The number of para-hydroxylation sites is 2. The first kappa shape index (κ1) is 28.3. The number of halogens is 1. The lowest BCUT2D eigenvalue weighted by Gasteiger charge is -2.38. The molecule has 0 spiro atoms. The maximum atomic E-state index is 13.5. The van der Waals surface area contributed by atoms with Gasteiger partial charge in [0.25, 0.3) is 5.56 Å². The first-order chi connectivity index (χ1) is 19.9. The van der Waals surface area contributed by atoms with Crippen LogP contribution in [0.1, 0.15) is 45.1 Å². The number of anilines is 2. The highest BCUT2D eigenvalue weighted by atomic mass is 19.1. The molecule has 1 atom stereocenters. The van der Waals surface area contributed by atoms with Crippen LogP contribution in [-0.2, 0) is 22.8 Å². The summed E-state index contributed by atoms with van der Waals surface area (Å²) in [6.07, 6.45) is 4.78. The summed E-state index contributed by atoms with van der Waals surface area (Å²) in [5.41, 5.74) is 2.70. The second-order valence-electron chi connectivity index (χ2n) is 10.7. The van der Waals surface area contributed by atoms with Crippen molar-refractivity contribution < 1.29 is 13.9 Å². The van der Waals surface area contributed by atoms with E-state index >= 15 is 0 Å². The molecule has 1 unspecified atom stereocenters. The van der Waals surface area contributed by atoms with Gasteiger partial charge in [-0.2, -0.15) is 0 Å². The minimum absolute atomic E-state index is 0.136. The van der Waals surface area contributed by atoms with Gasteiger partial charge in [-0.25, -0.2) is 18.9 Å². The van der Waals surface area contributed by atoms with Gasteiger partial charge in [0.15, 0.2) is 6.73 Å². The average Bonchev–Trinajstić information content (AvgIpc) is 3.35. The Morgan fingerprint density at radius 1 is 1.10 bits per heavy atom. The molecule has 0 saturated carbocycles. The van der Waals surface area contributed by atoms with Crippen LogP contribution in [0.3, 0.4) is 0 Å². The Balaban J connectivity index is 1.31. The summed E-state index contributed by atoms with van der Waals surface area (Å²) >= 11 is 0. The molecule has 41 heavy (non-hydrogen) atoms. The molecular formula is C31H37FN6O3. The molecule has 1 fully saturated rings. The molecule has 2 aromatic carbocycles. The highest BCUT2D eigenvalue weighted by molar-refractivity contribution is 5.79. The van der Waals surface area contributed by atoms with Crippen LogP contribution in [0.15, 0.2) is 65.6 Å². The summed E-state index contributed by atoms with van der Waals surface area (Å²) in [5.74, 6) is 0.589. The summed E-state index contributed by atoms with van der Waals surface area (Å²) in [5, 5.41) is 0. The highest BCUT2D eigenvalue weighted by Crippen LogP contribution is 2.28. The van der Waals surface area contributed by atoms with Crippen molar-refractivity contribution in [3.8, 4) is 0 Å². The summed E-state index contributed by atoms with van der Waals surface area (Å²) in [7, 11) is 1.93. The van der Waals surface area contributed by atoms with Crippen LogP contribution in [0.25, 0.3) is 11.0 Å². The molecule has 0 N–H and O–H groups in total. The number of nitrogens with zero attached hydrogens (tertiary/aromatic N) is 6. The van der Waals surface area contributed by atoms with Crippen molar-refractivity contribution in [3.05, 3.63) is 82.5 Å². The van der Waals surface area contributed by atoms with Gasteiger partial charge in [-0.3, -0.25) is 9.59 Å². The van der Waals surface area contributed by atoms with Crippen molar-refractivity contribution in [3.63, 3.8) is 0 Å². The van der Waals surface area contributed by atoms with E-state index in [0.717, 1.165) is 61.3 Å². The van der Waals surface area contributed by atoms with Crippen LogP contribution < -0.4 is 15.4 Å². The zero-order valence-corrected chi connectivity index (χ0v) is 23.9. The van der Waals surface area contributed by atoms with E-state index in [4.69, 9.17) is 9.72 Å². The third kappa shape index (κ3) is 6.26. The molecule has 1 aliphatic heterocycles. The lowest BCUT2D eigenvalue weighted by atomic mass is 10.0.